The lowest BCUT2D eigenvalue weighted by atomic mass is 10.0. The number of amides is 2. The Morgan fingerprint density at radius 1 is 1.22 bits per heavy atom. The summed E-state index contributed by atoms with van der Waals surface area (Å²) in [6.45, 7) is 0.941. The number of carbonyl (C=O) groups excluding carboxylic acids is 1. The molecule has 0 aliphatic carbocycles. The normalized spacial score (nSPS) is 16.0. The van der Waals surface area contributed by atoms with E-state index in [1.165, 1.54) is 0 Å². The van der Waals surface area contributed by atoms with Gasteiger partial charge in [-0.3, -0.25) is 0 Å². The fourth-order valence-corrected chi connectivity index (χ4v) is 2.66. The first-order chi connectivity index (χ1) is 11.3. The van der Waals surface area contributed by atoms with Crippen molar-refractivity contribution in [3.05, 3.63) is 59.7 Å². The van der Waals surface area contributed by atoms with Gasteiger partial charge in [-0.1, -0.05) is 42.5 Å². The van der Waals surface area contributed by atoms with Crippen molar-refractivity contribution in [3.8, 4) is 11.5 Å². The van der Waals surface area contributed by atoms with Gasteiger partial charge in [0.1, 0.15) is 6.61 Å². The molecule has 0 unspecified atom stereocenters. The number of hydrogen-bond donors (Lipinski definition) is 2. The van der Waals surface area contributed by atoms with Crippen molar-refractivity contribution >= 4 is 6.03 Å². The lowest BCUT2D eigenvalue weighted by Gasteiger charge is -2.27. The molecule has 5 heteroatoms. The summed E-state index contributed by atoms with van der Waals surface area (Å²) >= 11 is 0. The fraction of sp³-hybridized carbons (Fsp3) is 0.278. The second-order valence-corrected chi connectivity index (χ2v) is 5.47. The summed E-state index contributed by atoms with van der Waals surface area (Å²) in [6, 6.07) is 15.4. The number of urea groups is 1. The Morgan fingerprint density at radius 3 is 2.83 bits per heavy atom. The van der Waals surface area contributed by atoms with Gasteiger partial charge in [0.05, 0.1) is 13.2 Å². The average Bonchev–Trinajstić information content (AvgIpc) is 2.60. The molecule has 0 saturated carbocycles. The van der Waals surface area contributed by atoms with Crippen LogP contribution in [0.25, 0.3) is 0 Å². The van der Waals surface area contributed by atoms with Crippen LogP contribution < -0.4 is 20.1 Å². The summed E-state index contributed by atoms with van der Waals surface area (Å²) in [5.41, 5.74) is 2.11. The van der Waals surface area contributed by atoms with E-state index in [1.54, 1.807) is 7.11 Å². The highest BCUT2D eigenvalue weighted by Gasteiger charge is 2.23. The van der Waals surface area contributed by atoms with Crippen molar-refractivity contribution in [2.45, 2.75) is 19.0 Å². The molecule has 0 radical (unpaired) electrons. The second-order valence-electron chi connectivity index (χ2n) is 5.47. The molecule has 0 fully saturated rings. The molecule has 0 bridgehead atoms. The molecule has 0 aromatic heterocycles. The molecule has 2 amide bonds. The number of nitrogens with one attached hydrogen (secondary N) is 2. The van der Waals surface area contributed by atoms with Crippen LogP contribution >= 0.6 is 0 Å². The van der Waals surface area contributed by atoms with Gasteiger partial charge in [0.2, 0.25) is 0 Å². The number of carbonyl (C=O) groups is 1. The van der Waals surface area contributed by atoms with Crippen molar-refractivity contribution in [1.29, 1.82) is 0 Å². The Hall–Kier alpha value is -2.69. The van der Waals surface area contributed by atoms with Crippen LogP contribution in [0.1, 0.15) is 11.1 Å². The Bertz CT molecular complexity index is 673. The molecule has 2 aromatic carbocycles. The van der Waals surface area contributed by atoms with Crippen LogP contribution in [0, 0.1) is 0 Å². The van der Waals surface area contributed by atoms with Crippen LogP contribution in [0.3, 0.4) is 0 Å². The van der Waals surface area contributed by atoms with Crippen molar-refractivity contribution < 1.29 is 14.3 Å². The molecule has 0 saturated heterocycles. The first-order valence-electron chi connectivity index (χ1n) is 7.63. The zero-order chi connectivity index (χ0) is 16.1. The lowest BCUT2D eigenvalue weighted by Crippen LogP contribution is -2.47. The third-order valence-electron chi connectivity index (χ3n) is 3.81. The minimum atomic E-state index is -0.186. The molecule has 2 N–H and O–H groups in total. The number of benzene rings is 2. The van der Waals surface area contributed by atoms with Crippen molar-refractivity contribution in [3.63, 3.8) is 0 Å². The monoisotopic (exact) mass is 312 g/mol. The van der Waals surface area contributed by atoms with Gasteiger partial charge in [-0.05, 0) is 18.1 Å². The largest absolute Gasteiger partial charge is 0.493 e. The Balaban J connectivity index is 1.54. The van der Waals surface area contributed by atoms with Crippen LogP contribution in [0.2, 0.25) is 0 Å². The molecule has 23 heavy (non-hydrogen) atoms. The summed E-state index contributed by atoms with van der Waals surface area (Å²) in [7, 11) is 1.63. The van der Waals surface area contributed by atoms with Gasteiger partial charge in [0.25, 0.3) is 0 Å². The van der Waals surface area contributed by atoms with E-state index in [4.69, 9.17) is 9.47 Å². The third-order valence-corrected chi connectivity index (χ3v) is 3.81. The van der Waals surface area contributed by atoms with Gasteiger partial charge in [0, 0.05) is 12.1 Å². The summed E-state index contributed by atoms with van der Waals surface area (Å²) in [5.74, 6) is 1.51. The van der Waals surface area contributed by atoms with Gasteiger partial charge < -0.3 is 20.1 Å². The Kier molecular flexibility index (Phi) is 4.66. The first-order valence-corrected chi connectivity index (χ1v) is 7.63. The molecule has 0 spiro atoms. The van der Waals surface area contributed by atoms with Crippen molar-refractivity contribution in [2.75, 3.05) is 13.7 Å². The minimum Gasteiger partial charge on any atom is -0.493 e. The Morgan fingerprint density at radius 2 is 2.04 bits per heavy atom. The number of fused-ring (bicyclic) bond motifs is 1. The zero-order valence-electron chi connectivity index (χ0n) is 13.0. The van der Waals surface area contributed by atoms with E-state index < -0.39 is 0 Å². The minimum absolute atomic E-state index is 0.0506. The van der Waals surface area contributed by atoms with E-state index in [0.29, 0.717) is 13.2 Å². The standard InChI is InChI=1S/C18H20N2O3/c1-22-16-9-5-8-14-10-15(12-23-17(14)16)20-18(21)19-11-13-6-3-2-4-7-13/h2-9,15H,10-12H2,1H3,(H2,19,20,21)/t15-/m1/s1. The topological polar surface area (TPSA) is 59.6 Å². The molecule has 1 aliphatic rings. The van der Waals surface area contributed by atoms with Gasteiger partial charge in [-0.2, -0.15) is 0 Å². The van der Waals surface area contributed by atoms with E-state index in [1.807, 2.05) is 48.5 Å². The van der Waals surface area contributed by atoms with Gasteiger partial charge in [-0.25, -0.2) is 4.79 Å². The predicted octanol–water partition coefficient (Wildman–Crippen LogP) is 2.50. The molecule has 5 nitrogen and oxygen atoms in total. The smallest absolute Gasteiger partial charge is 0.315 e. The summed E-state index contributed by atoms with van der Waals surface area (Å²) in [6.07, 6.45) is 0.727. The van der Waals surface area contributed by atoms with Crippen LogP contribution in [0.15, 0.2) is 48.5 Å². The highest BCUT2D eigenvalue weighted by Crippen LogP contribution is 2.34. The zero-order valence-corrected chi connectivity index (χ0v) is 13.0. The van der Waals surface area contributed by atoms with Crippen molar-refractivity contribution in [2.24, 2.45) is 0 Å². The summed E-state index contributed by atoms with van der Waals surface area (Å²) in [5, 5.41) is 5.81. The Labute approximate surface area is 135 Å². The maximum Gasteiger partial charge on any atom is 0.315 e. The number of methoxy groups -OCH3 is 1. The van der Waals surface area contributed by atoms with Crippen LogP contribution in [-0.2, 0) is 13.0 Å². The van der Waals surface area contributed by atoms with Crippen LogP contribution in [0.5, 0.6) is 11.5 Å². The first kappa shape index (κ1) is 15.2. The van der Waals surface area contributed by atoms with E-state index in [2.05, 4.69) is 10.6 Å². The third kappa shape index (κ3) is 3.74. The maximum absolute atomic E-state index is 12.0. The number of ether oxygens (including phenoxy) is 2. The lowest BCUT2D eigenvalue weighted by molar-refractivity contribution is 0.210. The van der Waals surface area contributed by atoms with Gasteiger partial charge in [0.15, 0.2) is 11.5 Å². The van der Waals surface area contributed by atoms with Crippen molar-refractivity contribution in [1.82, 2.24) is 10.6 Å². The SMILES string of the molecule is COc1cccc2c1OC[C@H](NC(=O)NCc1ccccc1)C2. The van der Waals surface area contributed by atoms with E-state index in [-0.39, 0.29) is 12.1 Å². The second kappa shape index (κ2) is 7.05. The van der Waals surface area contributed by atoms with Crippen LogP contribution in [0.4, 0.5) is 4.79 Å². The molecule has 120 valence electrons. The molecule has 1 heterocycles. The predicted molar refractivity (Wildman–Crippen MR) is 87.8 cm³/mol. The molecule has 1 atom stereocenters. The van der Waals surface area contributed by atoms with E-state index in [0.717, 1.165) is 29.0 Å². The van der Waals surface area contributed by atoms with Gasteiger partial charge in [-0.15, -0.1) is 0 Å². The summed E-state index contributed by atoms with van der Waals surface area (Å²) < 4.78 is 11.0. The molecule has 1 aliphatic heterocycles. The number of para-hydroxylation sites is 1. The number of hydrogen-bond acceptors (Lipinski definition) is 3. The van der Waals surface area contributed by atoms with E-state index in [9.17, 15) is 4.79 Å². The van der Waals surface area contributed by atoms with E-state index >= 15 is 0 Å². The maximum atomic E-state index is 12.0. The molecular formula is C18H20N2O3. The van der Waals surface area contributed by atoms with Gasteiger partial charge >= 0.3 is 6.03 Å². The molecule has 3 rings (SSSR count). The summed E-state index contributed by atoms with van der Waals surface area (Å²) in [4.78, 5) is 12.0. The average molecular weight is 312 g/mol. The molecular weight excluding hydrogens is 292 g/mol. The highest BCUT2D eigenvalue weighted by molar-refractivity contribution is 5.74. The quantitative estimate of drug-likeness (QED) is 0.912. The highest BCUT2D eigenvalue weighted by atomic mass is 16.5. The molecule has 2 aromatic rings. The number of rotatable bonds is 4. The fourth-order valence-electron chi connectivity index (χ4n) is 2.66. The van der Waals surface area contributed by atoms with Crippen LogP contribution in [-0.4, -0.2) is 25.8 Å².